The highest BCUT2D eigenvalue weighted by molar-refractivity contribution is 9.10. The van der Waals surface area contributed by atoms with E-state index in [1.165, 1.54) is 6.42 Å². The maximum Gasteiger partial charge on any atom is 0.157 e. The molecule has 2 aromatic rings. The molecule has 1 unspecified atom stereocenters. The lowest BCUT2D eigenvalue weighted by atomic mass is 10.2. The second kappa shape index (κ2) is 6.88. The van der Waals surface area contributed by atoms with Crippen LogP contribution in [0.15, 0.2) is 16.6 Å². The van der Waals surface area contributed by atoms with E-state index in [1.807, 2.05) is 6.07 Å². The first kappa shape index (κ1) is 15.6. The van der Waals surface area contributed by atoms with Gasteiger partial charge in [-0.2, -0.15) is 0 Å². The maximum atomic E-state index is 6.23. The Morgan fingerprint density at radius 3 is 2.95 bits per heavy atom. The van der Waals surface area contributed by atoms with Crippen molar-refractivity contribution < 1.29 is 9.47 Å². The summed E-state index contributed by atoms with van der Waals surface area (Å²) in [6.45, 7) is 1.43. The number of hydrogen-bond donors (Lipinski definition) is 1. The van der Waals surface area contributed by atoms with Crippen LogP contribution in [0.2, 0.25) is 10.0 Å². The summed E-state index contributed by atoms with van der Waals surface area (Å²) in [7, 11) is 0. The van der Waals surface area contributed by atoms with Crippen LogP contribution >= 0.6 is 39.1 Å². The summed E-state index contributed by atoms with van der Waals surface area (Å²) >= 11 is 15.8. The van der Waals surface area contributed by atoms with E-state index in [0.29, 0.717) is 16.7 Å². The molecule has 1 saturated heterocycles. The molecule has 1 N–H and O–H groups in total. The predicted octanol–water partition coefficient (Wildman–Crippen LogP) is 5.32. The van der Waals surface area contributed by atoms with Gasteiger partial charge in [-0.3, -0.25) is 0 Å². The van der Waals surface area contributed by atoms with Crippen LogP contribution in [0.5, 0.6) is 0 Å². The summed E-state index contributed by atoms with van der Waals surface area (Å²) in [5.74, 6) is 0. The van der Waals surface area contributed by atoms with Gasteiger partial charge in [0.1, 0.15) is 0 Å². The third-order valence-corrected chi connectivity index (χ3v) is 5.07. The zero-order valence-corrected chi connectivity index (χ0v) is 14.5. The summed E-state index contributed by atoms with van der Waals surface area (Å²) < 4.78 is 12.2. The highest BCUT2D eigenvalue weighted by Gasteiger charge is 2.15. The standard InChI is InChI=1S/C15H16BrCl2NO2/c16-11-8-12(17)14(18)15-10(11)7-9(19-15)4-6-21-13-3-1-2-5-20-13/h7-8,13,19H,1-6H2. The van der Waals surface area contributed by atoms with Gasteiger partial charge >= 0.3 is 0 Å². The van der Waals surface area contributed by atoms with E-state index in [-0.39, 0.29) is 6.29 Å². The molecular formula is C15H16BrCl2NO2. The summed E-state index contributed by atoms with van der Waals surface area (Å²) in [6.07, 6.45) is 4.04. The number of benzene rings is 1. The van der Waals surface area contributed by atoms with Crippen LogP contribution in [0.4, 0.5) is 0 Å². The smallest absolute Gasteiger partial charge is 0.157 e. The average Bonchev–Trinajstić information content (AvgIpc) is 2.91. The van der Waals surface area contributed by atoms with Crippen molar-refractivity contribution in [2.45, 2.75) is 32.0 Å². The van der Waals surface area contributed by atoms with Gasteiger partial charge in [-0.15, -0.1) is 0 Å². The van der Waals surface area contributed by atoms with Gasteiger partial charge in [0.05, 0.1) is 22.2 Å². The first-order chi connectivity index (χ1) is 10.1. The number of rotatable bonds is 4. The normalized spacial score (nSPS) is 19.3. The summed E-state index contributed by atoms with van der Waals surface area (Å²) in [5, 5.41) is 2.13. The van der Waals surface area contributed by atoms with Crippen molar-refractivity contribution in [2.75, 3.05) is 13.2 Å². The van der Waals surface area contributed by atoms with E-state index < -0.39 is 0 Å². The summed E-state index contributed by atoms with van der Waals surface area (Å²) in [4.78, 5) is 3.32. The average molecular weight is 393 g/mol. The highest BCUT2D eigenvalue weighted by atomic mass is 79.9. The van der Waals surface area contributed by atoms with Gasteiger partial charge in [-0.05, 0) is 31.4 Å². The lowest BCUT2D eigenvalue weighted by Gasteiger charge is -2.22. The minimum Gasteiger partial charge on any atom is -0.357 e. The topological polar surface area (TPSA) is 34.2 Å². The highest BCUT2D eigenvalue weighted by Crippen LogP contribution is 2.36. The molecule has 0 spiro atoms. The van der Waals surface area contributed by atoms with E-state index in [2.05, 4.69) is 27.0 Å². The maximum absolute atomic E-state index is 6.23. The molecule has 0 radical (unpaired) electrons. The quantitative estimate of drug-likeness (QED) is 0.714. The molecule has 0 aliphatic carbocycles. The Hall–Kier alpha value is -0.260. The van der Waals surface area contributed by atoms with Crippen molar-refractivity contribution in [3.63, 3.8) is 0 Å². The van der Waals surface area contributed by atoms with Gasteiger partial charge in [0.15, 0.2) is 6.29 Å². The van der Waals surface area contributed by atoms with E-state index in [9.17, 15) is 0 Å². The number of halogens is 3. The molecule has 1 aliphatic rings. The Morgan fingerprint density at radius 2 is 2.19 bits per heavy atom. The van der Waals surface area contributed by atoms with Crippen LogP contribution in [-0.2, 0) is 15.9 Å². The lowest BCUT2D eigenvalue weighted by Crippen LogP contribution is -2.23. The second-order valence-electron chi connectivity index (χ2n) is 5.15. The van der Waals surface area contributed by atoms with Gasteiger partial charge in [0.25, 0.3) is 0 Å². The van der Waals surface area contributed by atoms with Crippen molar-refractivity contribution in [1.29, 1.82) is 0 Å². The van der Waals surface area contributed by atoms with Crippen LogP contribution in [0, 0.1) is 0 Å². The number of H-pyrrole nitrogens is 1. The summed E-state index contributed by atoms with van der Waals surface area (Å²) in [5.41, 5.74) is 1.94. The molecule has 0 amide bonds. The van der Waals surface area contributed by atoms with Gasteiger partial charge in [0.2, 0.25) is 0 Å². The molecule has 0 saturated carbocycles. The van der Waals surface area contributed by atoms with E-state index in [4.69, 9.17) is 32.7 Å². The Bertz CT molecular complexity index is 638. The van der Waals surface area contributed by atoms with Crippen LogP contribution in [0.3, 0.4) is 0 Å². The van der Waals surface area contributed by atoms with Crippen LogP contribution in [0.1, 0.15) is 25.0 Å². The number of aromatic amines is 1. The molecule has 6 heteroatoms. The van der Waals surface area contributed by atoms with Crippen molar-refractivity contribution in [1.82, 2.24) is 4.98 Å². The fourth-order valence-electron chi connectivity index (χ4n) is 2.52. The molecule has 114 valence electrons. The predicted molar refractivity (Wildman–Crippen MR) is 89.3 cm³/mol. The number of hydrogen-bond acceptors (Lipinski definition) is 2. The van der Waals surface area contributed by atoms with Crippen LogP contribution in [-0.4, -0.2) is 24.5 Å². The van der Waals surface area contributed by atoms with Gasteiger partial charge < -0.3 is 14.5 Å². The first-order valence-corrected chi connectivity index (χ1v) is 8.58. The second-order valence-corrected chi connectivity index (χ2v) is 6.79. The van der Waals surface area contributed by atoms with E-state index in [0.717, 1.165) is 46.9 Å². The number of ether oxygens (including phenoxy) is 2. The zero-order valence-electron chi connectivity index (χ0n) is 11.4. The zero-order chi connectivity index (χ0) is 14.8. The Morgan fingerprint density at radius 1 is 1.33 bits per heavy atom. The van der Waals surface area contributed by atoms with Gasteiger partial charge in [-0.1, -0.05) is 39.1 Å². The molecule has 21 heavy (non-hydrogen) atoms. The Labute approximate surface area is 142 Å². The molecule has 1 aromatic carbocycles. The molecule has 0 bridgehead atoms. The van der Waals surface area contributed by atoms with Gasteiger partial charge in [0, 0.05) is 28.6 Å². The third-order valence-electron chi connectivity index (χ3n) is 3.63. The molecule has 1 fully saturated rings. The molecule has 1 atom stereocenters. The van der Waals surface area contributed by atoms with Crippen LogP contribution < -0.4 is 0 Å². The minimum absolute atomic E-state index is 0.0482. The lowest BCUT2D eigenvalue weighted by molar-refractivity contribution is -0.161. The van der Waals surface area contributed by atoms with Crippen molar-refractivity contribution in [3.8, 4) is 0 Å². The van der Waals surface area contributed by atoms with E-state index >= 15 is 0 Å². The van der Waals surface area contributed by atoms with Crippen molar-refractivity contribution in [2.24, 2.45) is 0 Å². The summed E-state index contributed by atoms with van der Waals surface area (Å²) in [6, 6.07) is 3.89. The largest absolute Gasteiger partial charge is 0.357 e. The molecule has 1 aliphatic heterocycles. The fraction of sp³-hybridized carbons (Fsp3) is 0.467. The molecule has 3 rings (SSSR count). The van der Waals surface area contributed by atoms with E-state index in [1.54, 1.807) is 0 Å². The molecule has 2 heterocycles. The molecular weight excluding hydrogens is 377 g/mol. The number of nitrogens with one attached hydrogen (secondary N) is 1. The Balaban J connectivity index is 1.67. The molecule has 1 aromatic heterocycles. The Kier molecular flexibility index (Phi) is 5.12. The minimum atomic E-state index is -0.0482. The van der Waals surface area contributed by atoms with Crippen molar-refractivity contribution in [3.05, 3.63) is 32.3 Å². The first-order valence-electron chi connectivity index (χ1n) is 7.03. The molecule has 3 nitrogen and oxygen atoms in total. The number of aromatic nitrogens is 1. The monoisotopic (exact) mass is 391 g/mol. The third kappa shape index (κ3) is 3.57. The fourth-order valence-corrected chi connectivity index (χ4v) is 3.60. The number of fused-ring (bicyclic) bond motifs is 1. The van der Waals surface area contributed by atoms with Crippen molar-refractivity contribution >= 4 is 50.0 Å². The van der Waals surface area contributed by atoms with Gasteiger partial charge in [-0.25, -0.2) is 0 Å². The van der Waals surface area contributed by atoms with Crippen LogP contribution in [0.25, 0.3) is 10.9 Å². The SMILES string of the molecule is Clc1cc(Br)c2cc(CCOC3CCCCO3)[nH]c2c1Cl.